The van der Waals surface area contributed by atoms with Crippen LogP contribution in [0, 0.1) is 5.92 Å². The Balaban J connectivity index is 2.67. The number of rotatable bonds is 6. The molecule has 1 rings (SSSR count). The summed E-state index contributed by atoms with van der Waals surface area (Å²) in [6.45, 7) is 1.87. The fourth-order valence-corrected chi connectivity index (χ4v) is 2.44. The van der Waals surface area contributed by atoms with Gasteiger partial charge in [-0.2, -0.15) is 0 Å². The summed E-state index contributed by atoms with van der Waals surface area (Å²) in [4.78, 5) is 20.6. The lowest BCUT2D eigenvalue weighted by Gasteiger charge is -2.12. The van der Waals surface area contributed by atoms with E-state index in [1.807, 2.05) is 6.92 Å². The number of carbonyl (C=O) groups is 1. The van der Waals surface area contributed by atoms with Gasteiger partial charge in [-0.05, 0) is 30.4 Å². The molecule has 5 nitrogen and oxygen atoms in total. The zero-order valence-electron chi connectivity index (χ0n) is 11.0. The van der Waals surface area contributed by atoms with Crippen LogP contribution >= 0.6 is 19.6 Å². The first-order valence-electron chi connectivity index (χ1n) is 5.63. The standard InChI is InChI=1S/C12H17O5PS/c1-9(12(13)19-3)8-10-4-6-11(7-5-10)17-18(14,15)16-2/h4-7,9H,8H2,1-3H3,(H,14,15). The molecule has 106 valence electrons. The van der Waals surface area contributed by atoms with E-state index in [2.05, 4.69) is 4.52 Å². The number of phosphoric acid groups is 1. The monoisotopic (exact) mass is 304 g/mol. The lowest BCUT2D eigenvalue weighted by Crippen LogP contribution is -2.09. The average molecular weight is 304 g/mol. The van der Waals surface area contributed by atoms with Gasteiger partial charge in [-0.15, -0.1) is 0 Å². The minimum atomic E-state index is -4.02. The van der Waals surface area contributed by atoms with Gasteiger partial charge >= 0.3 is 7.82 Å². The number of benzene rings is 1. The number of hydrogen-bond acceptors (Lipinski definition) is 5. The largest absolute Gasteiger partial charge is 0.527 e. The third kappa shape index (κ3) is 5.37. The molecule has 0 fully saturated rings. The lowest BCUT2D eigenvalue weighted by atomic mass is 10.0. The zero-order valence-corrected chi connectivity index (χ0v) is 12.7. The molecule has 1 aromatic carbocycles. The summed E-state index contributed by atoms with van der Waals surface area (Å²) in [5.41, 5.74) is 0.965. The van der Waals surface area contributed by atoms with Gasteiger partial charge in [0.25, 0.3) is 0 Å². The molecule has 2 unspecified atom stereocenters. The van der Waals surface area contributed by atoms with Crippen LogP contribution in [0.25, 0.3) is 0 Å². The lowest BCUT2D eigenvalue weighted by molar-refractivity contribution is -0.113. The third-order valence-electron chi connectivity index (χ3n) is 2.52. The average Bonchev–Trinajstić information content (AvgIpc) is 2.39. The van der Waals surface area contributed by atoms with Crippen molar-refractivity contribution in [3.63, 3.8) is 0 Å². The van der Waals surface area contributed by atoms with Crippen molar-refractivity contribution in [1.82, 2.24) is 0 Å². The summed E-state index contributed by atoms with van der Waals surface area (Å²) >= 11 is 1.22. The van der Waals surface area contributed by atoms with Gasteiger partial charge < -0.3 is 4.52 Å². The highest BCUT2D eigenvalue weighted by molar-refractivity contribution is 8.13. The van der Waals surface area contributed by atoms with Crippen LogP contribution in [0.2, 0.25) is 0 Å². The van der Waals surface area contributed by atoms with Crippen molar-refractivity contribution in [3.8, 4) is 5.75 Å². The van der Waals surface area contributed by atoms with Gasteiger partial charge in [0.05, 0.1) is 0 Å². The predicted molar refractivity (Wildman–Crippen MR) is 75.3 cm³/mol. The molecule has 0 saturated carbocycles. The Bertz CT molecular complexity index is 474. The van der Waals surface area contributed by atoms with Crippen LogP contribution in [0.3, 0.4) is 0 Å². The molecule has 7 heteroatoms. The normalized spacial score (nSPS) is 15.6. The van der Waals surface area contributed by atoms with Crippen LogP contribution in [0.1, 0.15) is 12.5 Å². The number of carbonyl (C=O) groups excluding carboxylic acids is 1. The van der Waals surface area contributed by atoms with Crippen LogP contribution in [0.4, 0.5) is 0 Å². The van der Waals surface area contributed by atoms with Crippen molar-refractivity contribution in [2.45, 2.75) is 13.3 Å². The van der Waals surface area contributed by atoms with E-state index < -0.39 is 7.82 Å². The molecule has 0 aliphatic carbocycles. The van der Waals surface area contributed by atoms with Crippen molar-refractivity contribution in [3.05, 3.63) is 29.8 Å². The summed E-state index contributed by atoms with van der Waals surface area (Å²) in [6.07, 6.45) is 2.39. The van der Waals surface area contributed by atoms with Gasteiger partial charge in [-0.25, -0.2) is 4.57 Å². The SMILES string of the molecule is COP(=O)(O)Oc1ccc(CC(C)C(=O)SC)cc1. The molecule has 0 heterocycles. The van der Waals surface area contributed by atoms with E-state index in [1.54, 1.807) is 30.5 Å². The van der Waals surface area contributed by atoms with E-state index in [0.717, 1.165) is 12.7 Å². The molecular formula is C12H17O5PS. The van der Waals surface area contributed by atoms with Gasteiger partial charge in [-0.1, -0.05) is 30.8 Å². The fraction of sp³-hybridized carbons (Fsp3) is 0.417. The Labute approximate surface area is 116 Å². The Hall–Kier alpha value is -0.810. The Morgan fingerprint density at radius 3 is 2.47 bits per heavy atom. The molecule has 0 aromatic heterocycles. The van der Waals surface area contributed by atoms with Crippen LogP contribution in [-0.2, 0) is 20.3 Å². The molecule has 0 radical (unpaired) electrons. The van der Waals surface area contributed by atoms with Crippen molar-refractivity contribution in [2.75, 3.05) is 13.4 Å². The van der Waals surface area contributed by atoms with E-state index >= 15 is 0 Å². The molecule has 0 spiro atoms. The summed E-state index contributed by atoms with van der Waals surface area (Å²) in [6, 6.07) is 6.67. The molecule has 0 aliphatic heterocycles. The fourth-order valence-electron chi connectivity index (χ4n) is 1.49. The van der Waals surface area contributed by atoms with Gasteiger partial charge in [0.1, 0.15) is 5.75 Å². The number of hydrogen-bond donors (Lipinski definition) is 1. The van der Waals surface area contributed by atoms with Crippen LogP contribution in [0.5, 0.6) is 5.75 Å². The van der Waals surface area contributed by atoms with E-state index in [1.165, 1.54) is 11.8 Å². The summed E-state index contributed by atoms with van der Waals surface area (Å²) in [7, 11) is -2.91. The van der Waals surface area contributed by atoms with E-state index in [9.17, 15) is 9.36 Å². The zero-order chi connectivity index (χ0) is 14.5. The second-order valence-corrected chi connectivity index (χ2v) is 6.31. The van der Waals surface area contributed by atoms with E-state index in [0.29, 0.717) is 6.42 Å². The van der Waals surface area contributed by atoms with Crippen LogP contribution in [0.15, 0.2) is 24.3 Å². The maximum Gasteiger partial charge on any atom is 0.527 e. The van der Waals surface area contributed by atoms with Crippen LogP contribution < -0.4 is 4.52 Å². The van der Waals surface area contributed by atoms with Crippen molar-refractivity contribution < 1.29 is 23.3 Å². The van der Waals surface area contributed by atoms with E-state index in [4.69, 9.17) is 9.42 Å². The smallest absolute Gasteiger partial charge is 0.404 e. The third-order valence-corrected chi connectivity index (χ3v) is 4.23. The van der Waals surface area contributed by atoms with E-state index in [-0.39, 0.29) is 16.8 Å². The first-order valence-corrected chi connectivity index (χ1v) is 8.35. The van der Waals surface area contributed by atoms with Gasteiger partial charge in [0.2, 0.25) is 0 Å². The highest BCUT2D eigenvalue weighted by Crippen LogP contribution is 2.42. The maximum absolute atomic E-state index is 11.5. The van der Waals surface area contributed by atoms with Gasteiger partial charge in [0.15, 0.2) is 5.12 Å². The molecule has 0 aliphatic rings. The minimum Gasteiger partial charge on any atom is -0.404 e. The quantitative estimate of drug-likeness (QED) is 0.815. The molecule has 0 bridgehead atoms. The summed E-state index contributed by atoms with van der Waals surface area (Å²) in [5.74, 6) is 0.185. The highest BCUT2D eigenvalue weighted by atomic mass is 32.2. The van der Waals surface area contributed by atoms with Gasteiger partial charge in [0, 0.05) is 13.0 Å². The second kappa shape index (κ2) is 7.10. The predicted octanol–water partition coefficient (Wildman–Crippen LogP) is 2.88. The maximum atomic E-state index is 11.5. The first kappa shape index (κ1) is 16.2. The minimum absolute atomic E-state index is 0.0651. The summed E-state index contributed by atoms with van der Waals surface area (Å²) in [5, 5.41) is 0.138. The molecular weight excluding hydrogens is 287 g/mol. The van der Waals surface area contributed by atoms with Crippen molar-refractivity contribution in [2.24, 2.45) is 5.92 Å². The van der Waals surface area contributed by atoms with Crippen molar-refractivity contribution in [1.29, 1.82) is 0 Å². The van der Waals surface area contributed by atoms with Crippen LogP contribution in [-0.4, -0.2) is 23.4 Å². The Morgan fingerprint density at radius 1 is 1.42 bits per heavy atom. The Kier molecular flexibility index (Phi) is 6.07. The van der Waals surface area contributed by atoms with Gasteiger partial charge in [-0.3, -0.25) is 14.2 Å². The molecule has 19 heavy (non-hydrogen) atoms. The molecule has 2 atom stereocenters. The first-order chi connectivity index (χ1) is 8.88. The number of thioether (sulfide) groups is 1. The topological polar surface area (TPSA) is 72.8 Å². The summed E-state index contributed by atoms with van der Waals surface area (Å²) < 4.78 is 20.3. The molecule has 0 saturated heterocycles. The molecule has 0 amide bonds. The second-order valence-electron chi connectivity index (χ2n) is 4.01. The molecule has 1 aromatic rings. The number of phosphoric ester groups is 1. The molecule has 1 N–H and O–H groups in total. The Morgan fingerprint density at radius 2 is 2.00 bits per heavy atom. The highest BCUT2D eigenvalue weighted by Gasteiger charge is 2.20. The van der Waals surface area contributed by atoms with Crippen molar-refractivity contribution >= 4 is 24.7 Å².